The molecule has 0 saturated heterocycles. The van der Waals surface area contributed by atoms with Crippen molar-refractivity contribution in [2.24, 2.45) is 0 Å². The summed E-state index contributed by atoms with van der Waals surface area (Å²) in [6.45, 7) is 2.05. The fourth-order valence-corrected chi connectivity index (χ4v) is 1.94. The largest absolute Gasteiger partial charge is 0.382 e. The predicted octanol–water partition coefficient (Wildman–Crippen LogP) is 2.46. The van der Waals surface area contributed by atoms with Crippen LogP contribution in [0.15, 0.2) is 18.2 Å². The lowest BCUT2D eigenvalue weighted by Crippen LogP contribution is -2.40. The van der Waals surface area contributed by atoms with Crippen molar-refractivity contribution < 1.29 is 4.74 Å². The Morgan fingerprint density at radius 1 is 1.44 bits per heavy atom. The first-order chi connectivity index (χ1) is 7.72. The summed E-state index contributed by atoms with van der Waals surface area (Å²) in [7, 11) is 1.75. The number of aryl methyl sites for hydroxylation is 1. The maximum Gasteiger partial charge on any atom is 0.0992 e. The van der Waals surface area contributed by atoms with E-state index in [1.54, 1.807) is 7.11 Å². The molecule has 0 spiro atoms. The minimum atomic E-state index is 0.400. The fourth-order valence-electron chi connectivity index (χ4n) is 1.94. The summed E-state index contributed by atoms with van der Waals surface area (Å²) in [6, 6.07) is 8.38. The van der Waals surface area contributed by atoms with E-state index >= 15 is 0 Å². The number of nitriles is 1. The zero-order valence-corrected chi connectivity index (χ0v) is 9.66. The van der Waals surface area contributed by atoms with E-state index in [1.807, 2.05) is 18.2 Å². The maximum absolute atomic E-state index is 8.84. The van der Waals surface area contributed by atoms with Gasteiger partial charge in [0.2, 0.25) is 0 Å². The number of nitrogens with zero attached hydrogens (tertiary/aromatic N) is 1. The van der Waals surface area contributed by atoms with E-state index in [4.69, 9.17) is 10.00 Å². The van der Waals surface area contributed by atoms with Crippen LogP contribution in [-0.4, -0.2) is 19.3 Å². The van der Waals surface area contributed by atoms with Gasteiger partial charge in [0, 0.05) is 18.8 Å². The number of methoxy groups -OCH3 is 1. The summed E-state index contributed by atoms with van der Waals surface area (Å²) in [5, 5.41) is 12.3. The number of ether oxygens (including phenoxy) is 1. The molecule has 1 fully saturated rings. The van der Waals surface area contributed by atoms with Crippen LogP contribution >= 0.6 is 0 Å². The average molecular weight is 216 g/mol. The van der Waals surface area contributed by atoms with Crippen molar-refractivity contribution in [2.75, 3.05) is 12.4 Å². The van der Waals surface area contributed by atoms with Gasteiger partial charge in [-0.1, -0.05) is 6.07 Å². The van der Waals surface area contributed by atoms with E-state index in [0.717, 1.165) is 18.5 Å². The maximum atomic E-state index is 8.84. The first-order valence-electron chi connectivity index (χ1n) is 5.53. The molecule has 0 radical (unpaired) electrons. The van der Waals surface area contributed by atoms with Crippen LogP contribution in [-0.2, 0) is 4.74 Å². The van der Waals surface area contributed by atoms with E-state index in [-0.39, 0.29) is 0 Å². The third-order valence-electron chi connectivity index (χ3n) is 3.15. The van der Waals surface area contributed by atoms with Gasteiger partial charge in [-0.05, 0) is 37.5 Å². The van der Waals surface area contributed by atoms with E-state index in [0.29, 0.717) is 17.7 Å². The molecule has 0 aliphatic heterocycles. The van der Waals surface area contributed by atoms with Crippen molar-refractivity contribution in [3.63, 3.8) is 0 Å². The van der Waals surface area contributed by atoms with Gasteiger partial charge >= 0.3 is 0 Å². The van der Waals surface area contributed by atoms with Gasteiger partial charge in [0.15, 0.2) is 0 Å². The lowest BCUT2D eigenvalue weighted by Gasteiger charge is -2.35. The highest BCUT2D eigenvalue weighted by atomic mass is 16.5. The van der Waals surface area contributed by atoms with Gasteiger partial charge in [-0.15, -0.1) is 0 Å². The number of anilines is 1. The third-order valence-corrected chi connectivity index (χ3v) is 3.15. The molecule has 1 aliphatic rings. The Morgan fingerprint density at radius 3 is 2.81 bits per heavy atom. The van der Waals surface area contributed by atoms with E-state index in [9.17, 15) is 0 Å². The topological polar surface area (TPSA) is 45.0 Å². The van der Waals surface area contributed by atoms with Gasteiger partial charge in [0.1, 0.15) is 0 Å². The summed E-state index contributed by atoms with van der Waals surface area (Å²) in [5.74, 6) is 0. The summed E-state index contributed by atoms with van der Waals surface area (Å²) < 4.78 is 5.24. The zero-order chi connectivity index (χ0) is 11.5. The zero-order valence-electron chi connectivity index (χ0n) is 9.66. The van der Waals surface area contributed by atoms with Gasteiger partial charge in [0.25, 0.3) is 0 Å². The lowest BCUT2D eigenvalue weighted by molar-refractivity contribution is 0.0328. The molecule has 84 valence electrons. The van der Waals surface area contributed by atoms with Crippen LogP contribution in [0.25, 0.3) is 0 Å². The van der Waals surface area contributed by atoms with Crippen molar-refractivity contribution >= 4 is 5.69 Å². The molecular formula is C13H16N2O. The minimum absolute atomic E-state index is 0.400. The van der Waals surface area contributed by atoms with Crippen molar-refractivity contribution in [1.29, 1.82) is 5.26 Å². The summed E-state index contributed by atoms with van der Waals surface area (Å²) in [5.41, 5.74) is 2.95. The Morgan fingerprint density at radius 2 is 2.19 bits per heavy atom. The lowest BCUT2D eigenvalue weighted by atomic mass is 9.89. The highest BCUT2D eigenvalue weighted by Gasteiger charge is 2.28. The summed E-state index contributed by atoms with van der Waals surface area (Å²) in [6.07, 6.45) is 2.50. The van der Waals surface area contributed by atoms with Crippen LogP contribution < -0.4 is 5.32 Å². The van der Waals surface area contributed by atoms with Gasteiger partial charge in [-0.2, -0.15) is 5.26 Å². The SMILES string of the molecule is COC1CC(Nc2cc(C#N)ccc2C)C1. The van der Waals surface area contributed by atoms with Crippen molar-refractivity contribution in [1.82, 2.24) is 0 Å². The van der Waals surface area contributed by atoms with E-state index in [1.165, 1.54) is 5.56 Å². The molecule has 0 amide bonds. The van der Waals surface area contributed by atoms with Gasteiger partial charge in [-0.3, -0.25) is 0 Å². The Hall–Kier alpha value is -1.53. The molecule has 1 aromatic carbocycles. The number of hydrogen-bond acceptors (Lipinski definition) is 3. The fraction of sp³-hybridized carbons (Fsp3) is 0.462. The quantitative estimate of drug-likeness (QED) is 0.844. The van der Waals surface area contributed by atoms with E-state index in [2.05, 4.69) is 18.3 Å². The van der Waals surface area contributed by atoms with Gasteiger partial charge in [-0.25, -0.2) is 0 Å². The van der Waals surface area contributed by atoms with Crippen molar-refractivity contribution in [3.05, 3.63) is 29.3 Å². The molecule has 0 heterocycles. The van der Waals surface area contributed by atoms with Crippen LogP contribution in [0.4, 0.5) is 5.69 Å². The highest BCUT2D eigenvalue weighted by Crippen LogP contribution is 2.27. The summed E-state index contributed by atoms with van der Waals surface area (Å²) in [4.78, 5) is 0. The Labute approximate surface area is 96.0 Å². The molecule has 1 N–H and O–H groups in total. The highest BCUT2D eigenvalue weighted by molar-refractivity contribution is 5.55. The Balaban J connectivity index is 2.02. The molecule has 0 unspecified atom stereocenters. The number of benzene rings is 1. The standard InChI is InChI=1S/C13H16N2O/c1-9-3-4-10(8-14)5-13(9)15-11-6-12(7-11)16-2/h3-5,11-12,15H,6-7H2,1-2H3. The van der Waals surface area contributed by atoms with Crippen LogP contribution in [0.1, 0.15) is 24.0 Å². The third kappa shape index (κ3) is 2.17. The second kappa shape index (κ2) is 4.54. The molecule has 3 nitrogen and oxygen atoms in total. The molecule has 1 aliphatic carbocycles. The van der Waals surface area contributed by atoms with Gasteiger partial charge in [0.05, 0.1) is 17.7 Å². The second-order valence-electron chi connectivity index (χ2n) is 4.31. The molecule has 0 bridgehead atoms. The minimum Gasteiger partial charge on any atom is -0.382 e. The molecule has 2 rings (SSSR count). The second-order valence-corrected chi connectivity index (χ2v) is 4.31. The number of nitrogens with one attached hydrogen (secondary N) is 1. The summed E-state index contributed by atoms with van der Waals surface area (Å²) >= 11 is 0. The van der Waals surface area contributed by atoms with Gasteiger partial charge < -0.3 is 10.1 Å². The van der Waals surface area contributed by atoms with Crippen molar-refractivity contribution in [3.8, 4) is 6.07 Å². The normalized spacial score (nSPS) is 23.3. The van der Waals surface area contributed by atoms with Crippen molar-refractivity contribution in [2.45, 2.75) is 31.9 Å². The Kier molecular flexibility index (Phi) is 3.12. The molecule has 16 heavy (non-hydrogen) atoms. The number of rotatable bonds is 3. The first kappa shape index (κ1) is 11.0. The van der Waals surface area contributed by atoms with Crippen LogP contribution in [0.5, 0.6) is 0 Å². The molecule has 1 saturated carbocycles. The average Bonchev–Trinajstić information content (AvgIpc) is 2.25. The molecule has 0 aromatic heterocycles. The monoisotopic (exact) mass is 216 g/mol. The van der Waals surface area contributed by atoms with Crippen LogP contribution in [0, 0.1) is 18.3 Å². The molecule has 3 heteroatoms. The molecule has 0 atom stereocenters. The van der Waals surface area contributed by atoms with E-state index < -0.39 is 0 Å². The van der Waals surface area contributed by atoms with Crippen LogP contribution in [0.2, 0.25) is 0 Å². The molecular weight excluding hydrogens is 200 g/mol. The smallest absolute Gasteiger partial charge is 0.0992 e. The molecule has 1 aromatic rings. The number of hydrogen-bond donors (Lipinski definition) is 1. The Bertz CT molecular complexity index is 416. The van der Waals surface area contributed by atoms with Crippen LogP contribution in [0.3, 0.4) is 0 Å². The predicted molar refractivity (Wildman–Crippen MR) is 63.3 cm³/mol. The first-order valence-corrected chi connectivity index (χ1v) is 5.53.